The molecule has 1 rings (SSSR count). The molecule has 2 N–H and O–H groups in total. The summed E-state index contributed by atoms with van der Waals surface area (Å²) in [5.74, 6) is -0.0437. The van der Waals surface area contributed by atoms with E-state index in [9.17, 15) is 13.2 Å². The van der Waals surface area contributed by atoms with E-state index >= 15 is 0 Å². The van der Waals surface area contributed by atoms with Gasteiger partial charge in [-0.3, -0.25) is 0 Å². The van der Waals surface area contributed by atoms with Gasteiger partial charge in [-0.05, 0) is 7.05 Å². The number of H-pyrrole nitrogens is 1. The topological polar surface area (TPSA) is 40.7 Å². The zero-order valence-corrected chi connectivity index (χ0v) is 7.07. The van der Waals surface area contributed by atoms with Gasteiger partial charge in [-0.25, -0.2) is 4.98 Å². The molecule has 0 fully saturated rings. The molecule has 0 aliphatic heterocycles. The van der Waals surface area contributed by atoms with E-state index < -0.39 is 12.6 Å². The van der Waals surface area contributed by atoms with Crippen molar-refractivity contribution in [2.45, 2.75) is 19.1 Å². The summed E-state index contributed by atoms with van der Waals surface area (Å²) in [5, 5.41) is 2.81. The number of aromatic amines is 1. The second-order valence-corrected chi connectivity index (χ2v) is 2.68. The van der Waals surface area contributed by atoms with Gasteiger partial charge in [-0.1, -0.05) is 0 Å². The molecule has 0 saturated carbocycles. The molecule has 0 unspecified atom stereocenters. The third kappa shape index (κ3) is 3.45. The van der Waals surface area contributed by atoms with Gasteiger partial charge >= 0.3 is 6.18 Å². The van der Waals surface area contributed by atoms with E-state index in [0.717, 1.165) is 0 Å². The van der Waals surface area contributed by atoms with Crippen molar-refractivity contribution in [3.8, 4) is 0 Å². The SMILES string of the molecule is CNCc1cnc(CC(F)(F)F)[nH]1. The van der Waals surface area contributed by atoms with Crippen molar-refractivity contribution in [3.63, 3.8) is 0 Å². The number of alkyl halides is 3. The summed E-state index contributed by atoms with van der Waals surface area (Å²) in [6.07, 6.45) is -3.80. The Morgan fingerprint density at radius 3 is 2.77 bits per heavy atom. The van der Waals surface area contributed by atoms with E-state index in [4.69, 9.17) is 0 Å². The Kier molecular flexibility index (Phi) is 2.92. The fraction of sp³-hybridized carbons (Fsp3) is 0.571. The van der Waals surface area contributed by atoms with Crippen LogP contribution in [-0.4, -0.2) is 23.2 Å². The Hall–Kier alpha value is -1.04. The Morgan fingerprint density at radius 1 is 1.54 bits per heavy atom. The van der Waals surface area contributed by atoms with Crippen molar-refractivity contribution in [2.24, 2.45) is 0 Å². The van der Waals surface area contributed by atoms with Gasteiger partial charge in [0.05, 0.1) is 0 Å². The highest BCUT2D eigenvalue weighted by molar-refractivity contribution is 5.01. The monoisotopic (exact) mass is 193 g/mol. The maximum Gasteiger partial charge on any atom is 0.396 e. The highest BCUT2D eigenvalue weighted by Crippen LogP contribution is 2.19. The quantitative estimate of drug-likeness (QED) is 0.758. The first-order chi connectivity index (χ1) is 6.01. The van der Waals surface area contributed by atoms with Crippen LogP contribution >= 0.6 is 0 Å². The first-order valence-electron chi connectivity index (χ1n) is 3.75. The Balaban J connectivity index is 2.59. The van der Waals surface area contributed by atoms with Crippen molar-refractivity contribution in [2.75, 3.05) is 7.05 Å². The predicted molar refractivity (Wildman–Crippen MR) is 41.1 cm³/mol. The molecule has 0 aliphatic rings. The molecule has 0 radical (unpaired) electrons. The first kappa shape index (κ1) is 10.0. The number of nitrogens with one attached hydrogen (secondary N) is 2. The average molecular weight is 193 g/mol. The molecule has 0 spiro atoms. The third-order valence-corrected chi connectivity index (χ3v) is 1.42. The zero-order chi connectivity index (χ0) is 9.90. The summed E-state index contributed by atoms with van der Waals surface area (Å²) in [5.41, 5.74) is 0.654. The van der Waals surface area contributed by atoms with Gasteiger partial charge in [-0.15, -0.1) is 0 Å². The van der Waals surface area contributed by atoms with Crippen LogP contribution in [0.3, 0.4) is 0 Å². The lowest BCUT2D eigenvalue weighted by molar-refractivity contribution is -0.128. The molecule has 0 aromatic carbocycles. The molecule has 6 heteroatoms. The van der Waals surface area contributed by atoms with E-state index in [2.05, 4.69) is 15.3 Å². The van der Waals surface area contributed by atoms with Gasteiger partial charge in [0.15, 0.2) is 0 Å². The molecule has 0 atom stereocenters. The van der Waals surface area contributed by atoms with Gasteiger partial charge in [0, 0.05) is 18.4 Å². The molecule has 0 amide bonds. The Morgan fingerprint density at radius 2 is 2.23 bits per heavy atom. The summed E-state index contributed by atoms with van der Waals surface area (Å²) in [6, 6.07) is 0. The fourth-order valence-corrected chi connectivity index (χ4v) is 0.966. The maximum absolute atomic E-state index is 11.9. The fourth-order valence-electron chi connectivity index (χ4n) is 0.966. The average Bonchev–Trinajstić information content (AvgIpc) is 2.33. The van der Waals surface area contributed by atoms with Crippen molar-refractivity contribution >= 4 is 0 Å². The highest BCUT2D eigenvalue weighted by atomic mass is 19.4. The molecule has 0 bridgehead atoms. The molecule has 3 nitrogen and oxygen atoms in total. The Bertz CT molecular complexity index is 266. The van der Waals surface area contributed by atoms with E-state index in [1.54, 1.807) is 7.05 Å². The van der Waals surface area contributed by atoms with Crippen LogP contribution in [0, 0.1) is 0 Å². The van der Waals surface area contributed by atoms with Crippen molar-refractivity contribution < 1.29 is 13.2 Å². The van der Waals surface area contributed by atoms with Gasteiger partial charge in [0.25, 0.3) is 0 Å². The second-order valence-electron chi connectivity index (χ2n) is 2.68. The van der Waals surface area contributed by atoms with Gasteiger partial charge < -0.3 is 10.3 Å². The molecular formula is C7H10F3N3. The smallest absolute Gasteiger partial charge is 0.345 e. The number of imidazole rings is 1. The maximum atomic E-state index is 11.9. The van der Waals surface area contributed by atoms with Crippen molar-refractivity contribution in [1.82, 2.24) is 15.3 Å². The number of halogens is 3. The highest BCUT2D eigenvalue weighted by Gasteiger charge is 2.29. The number of hydrogen-bond acceptors (Lipinski definition) is 2. The normalized spacial score (nSPS) is 12.0. The lowest BCUT2D eigenvalue weighted by Crippen LogP contribution is -2.13. The summed E-state index contributed by atoms with van der Waals surface area (Å²) in [6.45, 7) is 0.491. The molecule has 1 heterocycles. The minimum atomic E-state index is -4.20. The predicted octanol–water partition coefficient (Wildman–Crippen LogP) is 1.23. The minimum Gasteiger partial charge on any atom is -0.345 e. The molecule has 0 aliphatic carbocycles. The standard InChI is InChI=1S/C7H10F3N3/c1-11-3-5-4-12-6(13-5)2-7(8,9)10/h4,11H,2-3H2,1H3,(H,12,13). The second kappa shape index (κ2) is 3.78. The van der Waals surface area contributed by atoms with Gasteiger partial charge in [0.2, 0.25) is 0 Å². The lowest BCUT2D eigenvalue weighted by Gasteiger charge is -2.02. The number of rotatable bonds is 3. The van der Waals surface area contributed by atoms with Crippen LogP contribution in [0.25, 0.3) is 0 Å². The summed E-state index contributed by atoms with van der Waals surface area (Å²) >= 11 is 0. The molecule has 1 aromatic rings. The van der Waals surface area contributed by atoms with Crippen molar-refractivity contribution in [1.29, 1.82) is 0 Å². The Labute approximate surface area is 73.4 Å². The van der Waals surface area contributed by atoms with Crippen molar-refractivity contribution in [3.05, 3.63) is 17.7 Å². The molecule has 0 saturated heterocycles. The summed E-state index contributed by atoms with van der Waals surface area (Å²) in [7, 11) is 1.71. The summed E-state index contributed by atoms with van der Waals surface area (Å²) in [4.78, 5) is 6.18. The molecule has 1 aromatic heterocycles. The summed E-state index contributed by atoms with van der Waals surface area (Å²) < 4.78 is 35.6. The molecule has 74 valence electrons. The van der Waals surface area contributed by atoms with E-state index in [-0.39, 0.29) is 5.82 Å². The number of aromatic nitrogens is 2. The van der Waals surface area contributed by atoms with Gasteiger partial charge in [0.1, 0.15) is 12.2 Å². The van der Waals surface area contributed by atoms with Crippen LogP contribution in [0.4, 0.5) is 13.2 Å². The number of hydrogen-bond donors (Lipinski definition) is 2. The van der Waals surface area contributed by atoms with Crippen LogP contribution in [0.5, 0.6) is 0 Å². The third-order valence-electron chi connectivity index (χ3n) is 1.42. The largest absolute Gasteiger partial charge is 0.396 e. The van der Waals surface area contributed by atoms with E-state index in [1.807, 2.05) is 0 Å². The minimum absolute atomic E-state index is 0.0437. The zero-order valence-electron chi connectivity index (χ0n) is 7.07. The van der Waals surface area contributed by atoms with Crippen LogP contribution in [-0.2, 0) is 13.0 Å². The van der Waals surface area contributed by atoms with Crippen LogP contribution in [0.1, 0.15) is 11.5 Å². The van der Waals surface area contributed by atoms with E-state index in [1.165, 1.54) is 6.20 Å². The number of nitrogens with zero attached hydrogens (tertiary/aromatic N) is 1. The lowest BCUT2D eigenvalue weighted by atomic mass is 10.4. The van der Waals surface area contributed by atoms with Crippen LogP contribution < -0.4 is 5.32 Å². The molecule has 13 heavy (non-hydrogen) atoms. The van der Waals surface area contributed by atoms with Crippen LogP contribution in [0.15, 0.2) is 6.20 Å². The van der Waals surface area contributed by atoms with Gasteiger partial charge in [-0.2, -0.15) is 13.2 Å². The van der Waals surface area contributed by atoms with Crippen LogP contribution in [0.2, 0.25) is 0 Å². The molecular weight excluding hydrogens is 183 g/mol. The first-order valence-corrected chi connectivity index (χ1v) is 3.75. The van der Waals surface area contributed by atoms with E-state index in [0.29, 0.717) is 12.2 Å².